The van der Waals surface area contributed by atoms with Crippen LogP contribution in [-0.2, 0) is 0 Å². The molecule has 0 saturated carbocycles. The summed E-state index contributed by atoms with van der Waals surface area (Å²) in [5.41, 5.74) is 0.623. The first-order valence-electron chi connectivity index (χ1n) is 2.16. The smallest absolute Gasteiger partial charge is 0.217 e. The lowest BCUT2D eigenvalue weighted by atomic mass is 10.3. The van der Waals surface area contributed by atoms with Gasteiger partial charge in [0.05, 0.1) is 0 Å². The molecule has 0 fully saturated rings. The minimum Gasteiger partial charge on any atom is -0.358 e. The average Bonchev–Trinajstić information content (AvgIpc) is 1.61. The molecule has 0 atom stereocenters. The third kappa shape index (κ3) is 5.22. The Bertz CT molecular complexity index is 136. The number of aliphatic hydroxyl groups excluding tert-OH is 1. The van der Waals surface area contributed by atoms with Gasteiger partial charge in [0, 0.05) is 0 Å². The van der Waals surface area contributed by atoms with E-state index in [1.54, 1.807) is 6.92 Å². The molecule has 0 amide bonds. The topological polar surface area (TPSA) is 40.5 Å². The lowest BCUT2D eigenvalue weighted by Gasteiger charge is -1.85. The van der Waals surface area contributed by atoms with Crippen molar-refractivity contribution < 1.29 is 10.2 Å². The van der Waals surface area contributed by atoms with Crippen LogP contribution >= 0.6 is 0 Å². The monoisotopic (exact) mass is 112 g/mol. The van der Waals surface area contributed by atoms with Crippen LogP contribution in [0.2, 0.25) is 0 Å². The minimum atomic E-state index is -1.54. The van der Waals surface area contributed by atoms with Crippen LogP contribution in [0.3, 0.4) is 0 Å². The molecule has 0 heterocycles. The van der Waals surface area contributed by atoms with Crippen molar-refractivity contribution in [2.24, 2.45) is 0 Å². The highest BCUT2D eigenvalue weighted by molar-refractivity contribution is 5.23. The summed E-state index contributed by atoms with van der Waals surface area (Å²) in [6.45, 7) is 5.12. The van der Waals surface area contributed by atoms with Crippen molar-refractivity contribution in [1.82, 2.24) is 0 Å². The molecule has 0 unspecified atom stereocenters. The van der Waals surface area contributed by atoms with E-state index in [4.69, 9.17) is 10.2 Å². The molecule has 0 aliphatic rings. The van der Waals surface area contributed by atoms with E-state index in [1.807, 2.05) is 0 Å². The van der Waals surface area contributed by atoms with E-state index in [1.165, 1.54) is 0 Å². The van der Waals surface area contributed by atoms with Crippen molar-refractivity contribution in [1.29, 1.82) is 0 Å². The first-order chi connectivity index (χ1) is 3.63. The molecule has 2 N–H and O–H groups in total. The Morgan fingerprint density at radius 2 is 2.12 bits per heavy atom. The van der Waals surface area contributed by atoms with E-state index in [-0.39, 0.29) is 0 Å². The summed E-state index contributed by atoms with van der Waals surface area (Å²) in [6.07, 6.45) is -1.54. The van der Waals surface area contributed by atoms with Gasteiger partial charge in [-0.2, -0.15) is 0 Å². The second kappa shape index (κ2) is 3.25. The minimum absolute atomic E-state index is 0.623. The van der Waals surface area contributed by atoms with E-state index in [2.05, 4.69) is 18.4 Å². The van der Waals surface area contributed by atoms with Crippen LogP contribution in [-0.4, -0.2) is 16.5 Å². The molecular formula is C6H8O2. The molecule has 0 aromatic rings. The highest BCUT2D eigenvalue weighted by Gasteiger charge is 1.82. The zero-order valence-electron chi connectivity index (χ0n) is 4.68. The van der Waals surface area contributed by atoms with Crippen molar-refractivity contribution in [3.05, 3.63) is 12.2 Å². The van der Waals surface area contributed by atoms with E-state index in [0.29, 0.717) is 5.57 Å². The molecule has 8 heavy (non-hydrogen) atoms. The van der Waals surface area contributed by atoms with Gasteiger partial charge >= 0.3 is 0 Å². The molecule has 0 aliphatic heterocycles. The predicted molar refractivity (Wildman–Crippen MR) is 30.8 cm³/mol. The van der Waals surface area contributed by atoms with E-state index >= 15 is 0 Å². The number of hydrogen-bond donors (Lipinski definition) is 2. The zero-order chi connectivity index (χ0) is 6.57. The Balaban J connectivity index is 3.68. The molecule has 0 bridgehead atoms. The van der Waals surface area contributed by atoms with Crippen LogP contribution in [0.15, 0.2) is 12.2 Å². The van der Waals surface area contributed by atoms with Gasteiger partial charge in [-0.15, -0.1) is 0 Å². The van der Waals surface area contributed by atoms with Crippen molar-refractivity contribution in [3.63, 3.8) is 0 Å². The van der Waals surface area contributed by atoms with Gasteiger partial charge in [0.2, 0.25) is 6.29 Å². The fourth-order valence-corrected chi connectivity index (χ4v) is 0.188. The van der Waals surface area contributed by atoms with Gasteiger partial charge in [0.1, 0.15) is 0 Å². The Morgan fingerprint density at radius 1 is 1.62 bits per heavy atom. The lowest BCUT2D eigenvalue weighted by molar-refractivity contribution is 0.0108. The molecule has 0 saturated heterocycles. The standard InChI is InChI=1S/C6H8O2/c1-5(2)3-4-6(7)8/h6-8H,1H2,2H3. The van der Waals surface area contributed by atoms with Gasteiger partial charge < -0.3 is 10.2 Å². The molecule has 44 valence electrons. The van der Waals surface area contributed by atoms with Crippen LogP contribution in [0.1, 0.15) is 6.92 Å². The third-order valence-electron chi connectivity index (χ3n) is 0.415. The summed E-state index contributed by atoms with van der Waals surface area (Å²) >= 11 is 0. The fraction of sp³-hybridized carbons (Fsp3) is 0.333. The van der Waals surface area contributed by atoms with Gasteiger partial charge in [-0.05, 0) is 18.4 Å². The molecule has 2 nitrogen and oxygen atoms in total. The molecule has 0 radical (unpaired) electrons. The Morgan fingerprint density at radius 3 is 2.25 bits per heavy atom. The van der Waals surface area contributed by atoms with E-state index in [0.717, 1.165) is 0 Å². The largest absolute Gasteiger partial charge is 0.358 e. The number of allylic oxidation sites excluding steroid dienone is 1. The van der Waals surface area contributed by atoms with Gasteiger partial charge in [0.25, 0.3) is 0 Å². The maximum Gasteiger partial charge on any atom is 0.217 e. The van der Waals surface area contributed by atoms with Crippen molar-refractivity contribution in [3.8, 4) is 11.8 Å². The summed E-state index contributed by atoms with van der Waals surface area (Å²) in [5.74, 6) is 4.51. The predicted octanol–water partition coefficient (Wildman–Crippen LogP) is -0.123. The number of aliphatic hydroxyl groups is 2. The maximum atomic E-state index is 8.14. The van der Waals surface area contributed by atoms with Crippen molar-refractivity contribution in [2.75, 3.05) is 0 Å². The first-order valence-corrected chi connectivity index (χ1v) is 2.16. The zero-order valence-corrected chi connectivity index (χ0v) is 4.68. The fourth-order valence-electron chi connectivity index (χ4n) is 0.188. The quantitative estimate of drug-likeness (QED) is 0.338. The third-order valence-corrected chi connectivity index (χ3v) is 0.415. The maximum absolute atomic E-state index is 8.14. The van der Waals surface area contributed by atoms with Gasteiger partial charge in [0.15, 0.2) is 0 Å². The highest BCUT2D eigenvalue weighted by atomic mass is 16.5. The van der Waals surface area contributed by atoms with Gasteiger partial charge in [-0.1, -0.05) is 12.5 Å². The molecule has 2 heteroatoms. The highest BCUT2D eigenvalue weighted by Crippen LogP contribution is 1.79. The Kier molecular flexibility index (Phi) is 2.93. The average molecular weight is 112 g/mol. The summed E-state index contributed by atoms with van der Waals surface area (Å²) in [5, 5.41) is 16.3. The SMILES string of the molecule is C=C(C)C#CC(O)O. The Hall–Kier alpha value is -0.780. The van der Waals surface area contributed by atoms with Crippen LogP contribution < -0.4 is 0 Å². The van der Waals surface area contributed by atoms with Crippen LogP contribution in [0.4, 0.5) is 0 Å². The van der Waals surface area contributed by atoms with Gasteiger partial charge in [-0.25, -0.2) is 0 Å². The van der Waals surface area contributed by atoms with Crippen molar-refractivity contribution >= 4 is 0 Å². The summed E-state index contributed by atoms with van der Waals surface area (Å²) in [6, 6.07) is 0. The molecular weight excluding hydrogens is 104 g/mol. The summed E-state index contributed by atoms with van der Waals surface area (Å²) < 4.78 is 0. The molecule has 0 aromatic heterocycles. The summed E-state index contributed by atoms with van der Waals surface area (Å²) in [4.78, 5) is 0. The Labute approximate surface area is 48.5 Å². The molecule has 0 rings (SSSR count). The normalized spacial score (nSPS) is 8.00. The van der Waals surface area contributed by atoms with Crippen molar-refractivity contribution in [2.45, 2.75) is 13.2 Å². The van der Waals surface area contributed by atoms with Crippen LogP contribution in [0.25, 0.3) is 0 Å². The van der Waals surface area contributed by atoms with E-state index in [9.17, 15) is 0 Å². The van der Waals surface area contributed by atoms with Crippen LogP contribution in [0, 0.1) is 11.8 Å². The van der Waals surface area contributed by atoms with E-state index < -0.39 is 6.29 Å². The molecule has 0 spiro atoms. The summed E-state index contributed by atoms with van der Waals surface area (Å²) in [7, 11) is 0. The second-order valence-electron chi connectivity index (χ2n) is 1.42. The molecule has 0 aliphatic carbocycles. The number of rotatable bonds is 0. The second-order valence-corrected chi connectivity index (χ2v) is 1.42. The van der Waals surface area contributed by atoms with Gasteiger partial charge in [-0.3, -0.25) is 0 Å². The number of hydrogen-bond acceptors (Lipinski definition) is 2. The first kappa shape index (κ1) is 7.22. The lowest BCUT2D eigenvalue weighted by Crippen LogP contribution is -1.97. The molecule has 0 aromatic carbocycles. The van der Waals surface area contributed by atoms with Crippen LogP contribution in [0.5, 0.6) is 0 Å².